The van der Waals surface area contributed by atoms with Crippen molar-refractivity contribution in [3.05, 3.63) is 28.8 Å². The highest BCUT2D eigenvalue weighted by atomic mass is 32.2. The monoisotopic (exact) mass is 585 g/mol. The summed E-state index contributed by atoms with van der Waals surface area (Å²) in [5.74, 6) is -1.40. The van der Waals surface area contributed by atoms with Crippen molar-refractivity contribution in [1.29, 1.82) is 5.26 Å². The summed E-state index contributed by atoms with van der Waals surface area (Å²) in [6, 6.07) is 2.85. The number of rotatable bonds is 8. The van der Waals surface area contributed by atoms with Crippen molar-refractivity contribution in [2.24, 2.45) is 28.6 Å². The van der Waals surface area contributed by atoms with E-state index in [9.17, 15) is 28.1 Å². The molecule has 41 heavy (non-hydrogen) atoms. The molecule has 0 radical (unpaired) electrons. The second kappa shape index (κ2) is 10.7. The molecule has 2 aliphatic heterocycles. The van der Waals surface area contributed by atoms with Crippen LogP contribution in [0.1, 0.15) is 64.2 Å². The van der Waals surface area contributed by atoms with Gasteiger partial charge in [-0.05, 0) is 67.4 Å². The van der Waals surface area contributed by atoms with Crippen molar-refractivity contribution in [2.75, 3.05) is 13.1 Å². The molecule has 0 unspecified atom stereocenters. The number of nitriles is 1. The lowest BCUT2D eigenvalue weighted by atomic mass is 9.86. The Morgan fingerprint density at radius 3 is 2.32 bits per heavy atom. The van der Waals surface area contributed by atoms with Crippen LogP contribution in [-0.2, 0) is 24.4 Å². The van der Waals surface area contributed by atoms with E-state index in [0.29, 0.717) is 30.6 Å². The first-order chi connectivity index (χ1) is 18.9. The number of hydrogen-bond acceptors (Lipinski definition) is 6. The summed E-state index contributed by atoms with van der Waals surface area (Å²) in [5.41, 5.74) is 1.16. The largest absolute Gasteiger partial charge is 0.356 e. The molecule has 0 aromatic heterocycles. The Labute approximate surface area is 243 Å². The fourth-order valence-corrected chi connectivity index (χ4v) is 8.78. The lowest BCUT2D eigenvalue weighted by Crippen LogP contribution is -2.59. The van der Waals surface area contributed by atoms with Crippen LogP contribution in [0.25, 0.3) is 0 Å². The molecule has 1 aromatic carbocycles. The molecular weight excluding hydrogens is 542 g/mol. The number of carbonyl (C=O) groups is 3. The number of hydrogen-bond donors (Lipinski definition) is 3. The maximum absolute atomic E-state index is 14.2. The molecule has 2 heterocycles. The second-order valence-electron chi connectivity index (χ2n) is 13.7. The van der Waals surface area contributed by atoms with Crippen LogP contribution in [-0.4, -0.2) is 62.3 Å². The predicted octanol–water partition coefficient (Wildman–Crippen LogP) is 2.32. The van der Waals surface area contributed by atoms with E-state index in [2.05, 4.69) is 35.3 Å². The molecule has 3 fully saturated rings. The molecule has 1 aromatic rings. The second-order valence-corrected chi connectivity index (χ2v) is 15.4. The van der Waals surface area contributed by atoms with Crippen molar-refractivity contribution >= 4 is 27.7 Å². The van der Waals surface area contributed by atoms with E-state index in [-0.39, 0.29) is 40.4 Å². The zero-order valence-corrected chi connectivity index (χ0v) is 26.1. The van der Waals surface area contributed by atoms with E-state index in [1.54, 1.807) is 46.8 Å². The van der Waals surface area contributed by atoms with Gasteiger partial charge in [-0.3, -0.25) is 14.4 Å². The van der Waals surface area contributed by atoms with Crippen molar-refractivity contribution in [3.63, 3.8) is 0 Å². The van der Waals surface area contributed by atoms with Crippen molar-refractivity contribution < 1.29 is 22.8 Å². The standard InChI is InChI=1S/C30H43N5O5S/c1-16-11-17(2)24(18(3)12-16)41(39,40)34-25(29(4,5)6)28(38)35-15-21-22(30(21,7)8)23(35)27(37)33-20(14-31)13-19-9-10-32-26(19)36/h11-12,19-23,25,34H,9-10,13,15H2,1-8H3,(H,32,36)(H,33,37)/t19-,20-,21-,22-,23-,25+/m0/s1. The number of benzene rings is 1. The molecule has 3 N–H and O–H groups in total. The van der Waals surface area contributed by atoms with Gasteiger partial charge in [0.05, 0.1) is 11.0 Å². The van der Waals surface area contributed by atoms with Crippen molar-refractivity contribution in [1.82, 2.24) is 20.3 Å². The lowest BCUT2D eigenvalue weighted by Gasteiger charge is -2.37. The molecule has 11 heteroatoms. The summed E-state index contributed by atoms with van der Waals surface area (Å²) in [6.07, 6.45) is 0.803. The lowest BCUT2D eigenvalue weighted by molar-refractivity contribution is -0.143. The first-order valence-corrected chi connectivity index (χ1v) is 15.8. The van der Waals surface area contributed by atoms with Crippen LogP contribution in [0, 0.1) is 60.7 Å². The first kappa shape index (κ1) is 31.0. The molecule has 1 saturated carbocycles. The molecule has 10 nitrogen and oxygen atoms in total. The Hall–Kier alpha value is -2.97. The highest BCUT2D eigenvalue weighted by Gasteiger charge is 2.69. The Balaban J connectivity index is 1.60. The molecule has 1 aliphatic carbocycles. The Morgan fingerprint density at radius 2 is 1.80 bits per heavy atom. The van der Waals surface area contributed by atoms with Crippen LogP contribution in [0.4, 0.5) is 0 Å². The van der Waals surface area contributed by atoms with Gasteiger partial charge in [-0.1, -0.05) is 52.3 Å². The fourth-order valence-electron chi connectivity index (χ4n) is 6.94. The normalized spacial score (nSPS) is 26.5. The predicted molar refractivity (Wildman–Crippen MR) is 154 cm³/mol. The molecule has 0 bridgehead atoms. The summed E-state index contributed by atoms with van der Waals surface area (Å²) in [4.78, 5) is 41.6. The van der Waals surface area contributed by atoms with Gasteiger partial charge in [-0.25, -0.2) is 8.42 Å². The van der Waals surface area contributed by atoms with Gasteiger partial charge in [-0.15, -0.1) is 0 Å². The summed E-state index contributed by atoms with van der Waals surface area (Å²) >= 11 is 0. The number of amides is 3. The minimum Gasteiger partial charge on any atom is -0.356 e. The average molecular weight is 586 g/mol. The summed E-state index contributed by atoms with van der Waals surface area (Å²) in [7, 11) is -4.08. The van der Waals surface area contributed by atoms with Crippen LogP contribution < -0.4 is 15.4 Å². The SMILES string of the molecule is Cc1cc(C)c(S(=O)(=O)N[C@H](C(=O)N2C[C@H]3[C@@H]([C@H]2C(=O)N[C@H](C#N)C[C@@H]2CCNC2=O)C3(C)C)C(C)(C)C)c(C)c1. The van der Waals surface area contributed by atoms with E-state index < -0.39 is 45.4 Å². The fraction of sp³-hybridized carbons (Fsp3) is 0.667. The number of aryl methyl sites for hydroxylation is 3. The molecule has 6 atom stereocenters. The Morgan fingerprint density at radius 1 is 1.20 bits per heavy atom. The zero-order chi connectivity index (χ0) is 30.7. The molecule has 3 amide bonds. The maximum Gasteiger partial charge on any atom is 0.244 e. The van der Waals surface area contributed by atoms with Crippen LogP contribution >= 0.6 is 0 Å². The molecule has 3 aliphatic rings. The first-order valence-electron chi connectivity index (χ1n) is 14.3. The number of piperidine rings is 1. The van der Waals surface area contributed by atoms with Gasteiger partial charge >= 0.3 is 0 Å². The van der Waals surface area contributed by atoms with Gasteiger partial charge in [0, 0.05) is 19.0 Å². The number of fused-ring (bicyclic) bond motifs is 1. The van der Waals surface area contributed by atoms with Gasteiger partial charge in [0.1, 0.15) is 18.1 Å². The minimum atomic E-state index is -4.08. The van der Waals surface area contributed by atoms with Gasteiger partial charge < -0.3 is 15.5 Å². The van der Waals surface area contributed by atoms with Gasteiger partial charge in [0.15, 0.2) is 0 Å². The maximum atomic E-state index is 14.2. The number of sulfonamides is 1. The van der Waals surface area contributed by atoms with E-state index in [1.807, 2.05) is 6.92 Å². The van der Waals surface area contributed by atoms with Gasteiger partial charge in [0.2, 0.25) is 27.7 Å². The van der Waals surface area contributed by atoms with Crippen LogP contribution in [0.15, 0.2) is 17.0 Å². The Bertz CT molecular complexity index is 1380. The van der Waals surface area contributed by atoms with E-state index in [4.69, 9.17) is 0 Å². The topological polar surface area (TPSA) is 148 Å². The van der Waals surface area contributed by atoms with Gasteiger partial charge in [0.25, 0.3) is 0 Å². The Kier molecular flexibility index (Phi) is 8.08. The van der Waals surface area contributed by atoms with Crippen LogP contribution in [0.2, 0.25) is 0 Å². The summed E-state index contributed by atoms with van der Waals surface area (Å²) < 4.78 is 30.1. The number of nitrogens with one attached hydrogen (secondary N) is 3. The average Bonchev–Trinajstić information content (AvgIpc) is 3.18. The number of likely N-dealkylation sites (tertiary alicyclic amines) is 1. The molecule has 224 valence electrons. The number of nitrogens with zero attached hydrogens (tertiary/aromatic N) is 2. The van der Waals surface area contributed by atoms with Crippen LogP contribution in [0.5, 0.6) is 0 Å². The highest BCUT2D eigenvalue weighted by molar-refractivity contribution is 7.89. The highest BCUT2D eigenvalue weighted by Crippen LogP contribution is 2.65. The summed E-state index contributed by atoms with van der Waals surface area (Å²) in [5, 5.41) is 15.3. The number of carbonyl (C=O) groups excluding carboxylic acids is 3. The van der Waals surface area contributed by atoms with E-state index in [1.165, 1.54) is 4.90 Å². The summed E-state index contributed by atoms with van der Waals surface area (Å²) in [6.45, 7) is 15.7. The van der Waals surface area contributed by atoms with Crippen molar-refractivity contribution in [2.45, 2.75) is 91.3 Å². The third-order valence-corrected chi connectivity index (χ3v) is 10.9. The molecule has 4 rings (SSSR count). The molecule has 2 saturated heterocycles. The van der Waals surface area contributed by atoms with Gasteiger partial charge in [-0.2, -0.15) is 9.98 Å². The van der Waals surface area contributed by atoms with Crippen molar-refractivity contribution in [3.8, 4) is 6.07 Å². The third-order valence-electron chi connectivity index (χ3n) is 9.17. The van der Waals surface area contributed by atoms with E-state index in [0.717, 1.165) is 5.56 Å². The zero-order valence-electron chi connectivity index (χ0n) is 25.3. The molecular formula is C30H43N5O5S. The third kappa shape index (κ3) is 5.86. The quantitative estimate of drug-likeness (QED) is 0.426. The van der Waals surface area contributed by atoms with Crippen LogP contribution in [0.3, 0.4) is 0 Å². The smallest absolute Gasteiger partial charge is 0.244 e. The molecule has 0 spiro atoms. The minimum absolute atomic E-state index is 0.0853. The van der Waals surface area contributed by atoms with E-state index >= 15 is 0 Å².